The molecular weight excluding hydrogens is 336 g/mol. The maximum absolute atomic E-state index is 12.6. The average molecular weight is 353 g/mol. The maximum atomic E-state index is 12.6. The summed E-state index contributed by atoms with van der Waals surface area (Å²) in [6.45, 7) is 3.76. The standard InChI is InChI=1S/C20H17ClN2O2/c1-13-6-7-17(14(2)10-13)19(24)12-23-20(25)9-8-18(22-23)15-4-3-5-16(21)11-15/h3-11H,12H2,1-2H3. The van der Waals surface area contributed by atoms with E-state index in [1.54, 1.807) is 24.3 Å². The number of rotatable bonds is 4. The molecule has 0 atom stereocenters. The average Bonchev–Trinajstić information content (AvgIpc) is 2.56. The van der Waals surface area contributed by atoms with Crippen molar-refractivity contribution in [3.63, 3.8) is 0 Å². The van der Waals surface area contributed by atoms with Crippen molar-refractivity contribution < 1.29 is 4.79 Å². The van der Waals surface area contributed by atoms with Gasteiger partial charge in [-0.3, -0.25) is 9.59 Å². The predicted octanol–water partition coefficient (Wildman–Crippen LogP) is 4.06. The number of benzene rings is 2. The van der Waals surface area contributed by atoms with Gasteiger partial charge in [0.25, 0.3) is 5.56 Å². The van der Waals surface area contributed by atoms with Crippen LogP contribution in [-0.2, 0) is 6.54 Å². The molecule has 1 heterocycles. The van der Waals surface area contributed by atoms with Crippen molar-refractivity contribution in [2.45, 2.75) is 20.4 Å². The third-order valence-corrected chi connectivity index (χ3v) is 4.20. The van der Waals surface area contributed by atoms with Gasteiger partial charge in [0, 0.05) is 22.2 Å². The minimum atomic E-state index is -0.316. The molecule has 0 bridgehead atoms. The maximum Gasteiger partial charge on any atom is 0.267 e. The van der Waals surface area contributed by atoms with Crippen LogP contribution in [0.1, 0.15) is 21.5 Å². The van der Waals surface area contributed by atoms with E-state index in [1.165, 1.54) is 10.7 Å². The zero-order valence-corrected chi connectivity index (χ0v) is 14.7. The van der Waals surface area contributed by atoms with Gasteiger partial charge in [0.05, 0.1) is 5.69 Å². The Hall–Kier alpha value is -2.72. The van der Waals surface area contributed by atoms with Gasteiger partial charge >= 0.3 is 0 Å². The zero-order chi connectivity index (χ0) is 18.0. The Morgan fingerprint density at radius 3 is 2.60 bits per heavy atom. The summed E-state index contributed by atoms with van der Waals surface area (Å²) in [6.07, 6.45) is 0. The highest BCUT2D eigenvalue weighted by Crippen LogP contribution is 2.20. The van der Waals surface area contributed by atoms with Gasteiger partial charge in [-0.2, -0.15) is 5.10 Å². The first-order chi connectivity index (χ1) is 11.9. The van der Waals surface area contributed by atoms with Crippen molar-refractivity contribution in [1.29, 1.82) is 0 Å². The first-order valence-corrected chi connectivity index (χ1v) is 8.26. The van der Waals surface area contributed by atoms with E-state index in [0.717, 1.165) is 16.7 Å². The lowest BCUT2D eigenvalue weighted by atomic mass is 10.0. The number of halogens is 1. The molecule has 0 radical (unpaired) electrons. The Labute approximate surface area is 150 Å². The number of carbonyl (C=O) groups excluding carboxylic acids is 1. The first kappa shape index (κ1) is 17.1. The highest BCUT2D eigenvalue weighted by atomic mass is 35.5. The summed E-state index contributed by atoms with van der Waals surface area (Å²) in [7, 11) is 0. The second kappa shape index (κ2) is 7.03. The van der Waals surface area contributed by atoms with Crippen LogP contribution in [0.2, 0.25) is 5.02 Å². The summed E-state index contributed by atoms with van der Waals surface area (Å²) in [5.74, 6) is -0.143. The molecule has 0 N–H and O–H groups in total. The van der Waals surface area contributed by atoms with Gasteiger partial charge in [-0.1, -0.05) is 47.5 Å². The molecule has 0 unspecified atom stereocenters. The highest BCUT2D eigenvalue weighted by Gasteiger charge is 2.12. The van der Waals surface area contributed by atoms with E-state index in [0.29, 0.717) is 16.3 Å². The number of hydrogen-bond acceptors (Lipinski definition) is 3. The zero-order valence-electron chi connectivity index (χ0n) is 14.0. The van der Waals surface area contributed by atoms with Crippen LogP contribution in [0.3, 0.4) is 0 Å². The van der Waals surface area contributed by atoms with E-state index < -0.39 is 0 Å². The molecule has 2 aromatic carbocycles. The molecule has 3 rings (SSSR count). The molecule has 5 heteroatoms. The minimum absolute atomic E-state index is 0.100. The Kier molecular flexibility index (Phi) is 4.81. The van der Waals surface area contributed by atoms with Crippen molar-refractivity contribution in [3.8, 4) is 11.3 Å². The monoisotopic (exact) mass is 352 g/mol. The van der Waals surface area contributed by atoms with Crippen LogP contribution in [0.15, 0.2) is 59.4 Å². The molecule has 3 aromatic rings. The highest BCUT2D eigenvalue weighted by molar-refractivity contribution is 6.30. The molecule has 4 nitrogen and oxygen atoms in total. The third kappa shape index (κ3) is 3.86. The van der Waals surface area contributed by atoms with Crippen molar-refractivity contribution in [3.05, 3.63) is 86.7 Å². The molecule has 1 aromatic heterocycles. The predicted molar refractivity (Wildman–Crippen MR) is 99.2 cm³/mol. The van der Waals surface area contributed by atoms with Gasteiger partial charge in [0.15, 0.2) is 5.78 Å². The van der Waals surface area contributed by atoms with Crippen LogP contribution in [0, 0.1) is 13.8 Å². The smallest absolute Gasteiger partial charge is 0.267 e. The normalized spacial score (nSPS) is 10.7. The lowest BCUT2D eigenvalue weighted by Gasteiger charge is -2.09. The van der Waals surface area contributed by atoms with Gasteiger partial charge in [-0.05, 0) is 37.6 Å². The molecule has 0 saturated carbocycles. The fraction of sp³-hybridized carbons (Fsp3) is 0.150. The van der Waals surface area contributed by atoms with E-state index in [2.05, 4.69) is 5.10 Å². The number of aromatic nitrogens is 2. The topological polar surface area (TPSA) is 52.0 Å². The second-order valence-electron chi connectivity index (χ2n) is 5.97. The van der Waals surface area contributed by atoms with Gasteiger partial charge in [0.1, 0.15) is 6.54 Å². The fourth-order valence-corrected chi connectivity index (χ4v) is 2.90. The Morgan fingerprint density at radius 1 is 1.08 bits per heavy atom. The SMILES string of the molecule is Cc1ccc(C(=O)Cn2nc(-c3cccc(Cl)c3)ccc2=O)c(C)c1. The quantitative estimate of drug-likeness (QED) is 0.665. The first-order valence-electron chi connectivity index (χ1n) is 7.88. The van der Waals surface area contributed by atoms with Crippen LogP contribution in [0.25, 0.3) is 11.3 Å². The molecule has 0 aliphatic rings. The summed E-state index contributed by atoms with van der Waals surface area (Å²) < 4.78 is 1.19. The number of hydrogen-bond donors (Lipinski definition) is 0. The third-order valence-electron chi connectivity index (χ3n) is 3.96. The number of carbonyl (C=O) groups is 1. The molecule has 0 spiro atoms. The van der Waals surface area contributed by atoms with Crippen LogP contribution in [0.4, 0.5) is 0 Å². The minimum Gasteiger partial charge on any atom is -0.292 e. The van der Waals surface area contributed by atoms with Crippen molar-refractivity contribution >= 4 is 17.4 Å². The number of aryl methyl sites for hydroxylation is 2. The van der Waals surface area contributed by atoms with Crippen molar-refractivity contribution in [1.82, 2.24) is 9.78 Å². The Bertz CT molecular complexity index is 1010. The van der Waals surface area contributed by atoms with Crippen molar-refractivity contribution in [2.75, 3.05) is 0 Å². The van der Waals surface area contributed by atoms with Crippen molar-refractivity contribution in [2.24, 2.45) is 0 Å². The second-order valence-corrected chi connectivity index (χ2v) is 6.40. The van der Waals surface area contributed by atoms with E-state index in [1.807, 2.05) is 38.1 Å². The molecule has 0 aliphatic heterocycles. The molecule has 0 amide bonds. The van der Waals surface area contributed by atoms with E-state index in [9.17, 15) is 9.59 Å². The van der Waals surface area contributed by atoms with Gasteiger partial charge in [-0.25, -0.2) is 4.68 Å². The molecular formula is C20H17ClN2O2. The lowest BCUT2D eigenvalue weighted by molar-refractivity contribution is 0.0965. The van der Waals surface area contributed by atoms with Crippen LogP contribution >= 0.6 is 11.6 Å². The molecule has 25 heavy (non-hydrogen) atoms. The van der Waals surface area contributed by atoms with E-state index in [4.69, 9.17) is 11.6 Å². The van der Waals surface area contributed by atoms with E-state index >= 15 is 0 Å². The van der Waals surface area contributed by atoms with Gasteiger partial charge in [-0.15, -0.1) is 0 Å². The number of nitrogens with zero attached hydrogens (tertiary/aromatic N) is 2. The molecule has 0 aliphatic carbocycles. The largest absolute Gasteiger partial charge is 0.292 e. The van der Waals surface area contributed by atoms with Crippen LogP contribution in [-0.4, -0.2) is 15.6 Å². The number of ketones is 1. The number of Topliss-reactive ketones (excluding diaryl/α,β-unsaturated/α-hetero) is 1. The molecule has 0 saturated heterocycles. The van der Waals surface area contributed by atoms with Crippen LogP contribution in [0.5, 0.6) is 0 Å². The summed E-state index contributed by atoms with van der Waals surface area (Å²) in [5, 5.41) is 4.91. The lowest BCUT2D eigenvalue weighted by Crippen LogP contribution is -2.26. The van der Waals surface area contributed by atoms with Crippen LogP contribution < -0.4 is 5.56 Å². The molecule has 0 fully saturated rings. The van der Waals surface area contributed by atoms with Gasteiger partial charge in [0.2, 0.25) is 0 Å². The summed E-state index contributed by atoms with van der Waals surface area (Å²) in [5.41, 5.74) is 3.66. The summed E-state index contributed by atoms with van der Waals surface area (Å²) >= 11 is 6.01. The van der Waals surface area contributed by atoms with E-state index in [-0.39, 0.29) is 17.9 Å². The summed E-state index contributed by atoms with van der Waals surface area (Å²) in [4.78, 5) is 24.7. The fourth-order valence-electron chi connectivity index (χ4n) is 2.71. The van der Waals surface area contributed by atoms with Gasteiger partial charge < -0.3 is 0 Å². The summed E-state index contributed by atoms with van der Waals surface area (Å²) in [6, 6.07) is 15.9. The molecule has 126 valence electrons. The Morgan fingerprint density at radius 2 is 1.88 bits per heavy atom. The Balaban J connectivity index is 1.93.